The predicted octanol–water partition coefficient (Wildman–Crippen LogP) is 2.95. The second kappa shape index (κ2) is 9.97. The summed E-state index contributed by atoms with van der Waals surface area (Å²) in [6.45, 7) is 10.7. The second-order valence-corrected chi connectivity index (χ2v) is 6.89. The van der Waals surface area contributed by atoms with Gasteiger partial charge >= 0.3 is 0 Å². The quantitative estimate of drug-likeness (QED) is 0.300. The molecule has 0 aliphatic heterocycles. The summed E-state index contributed by atoms with van der Waals surface area (Å²) in [6.07, 6.45) is 0.998. The Morgan fingerprint density at radius 2 is 2.00 bits per heavy atom. The lowest BCUT2D eigenvalue weighted by atomic mass is 10.4. The number of aliphatic imine (C=N–C) groups is 1. The summed E-state index contributed by atoms with van der Waals surface area (Å²) in [5.74, 6) is 0.809. The molecule has 24 heavy (non-hydrogen) atoms. The highest BCUT2D eigenvalue weighted by Crippen LogP contribution is 2.15. The van der Waals surface area contributed by atoms with Crippen molar-refractivity contribution in [3.05, 3.63) is 33.0 Å². The van der Waals surface area contributed by atoms with Crippen molar-refractivity contribution in [2.24, 2.45) is 4.99 Å². The third-order valence-electron chi connectivity index (χ3n) is 3.65. The first-order chi connectivity index (χ1) is 11.0. The van der Waals surface area contributed by atoms with E-state index in [1.165, 1.54) is 10.6 Å². The standard InChI is InChI=1S/C16H26N6S.HI/c1-11-9-12(2)22(21-11)8-6-7-18-16(17-5)19-10-15-20-13(3)14(4)23-15;/h9H,6-8,10H2,1-5H3,(H2,17,18,19);1H. The number of thiazole rings is 1. The first-order valence-corrected chi connectivity index (χ1v) is 8.69. The van der Waals surface area contributed by atoms with E-state index < -0.39 is 0 Å². The zero-order chi connectivity index (χ0) is 16.8. The lowest BCUT2D eigenvalue weighted by Gasteiger charge is -2.11. The topological polar surface area (TPSA) is 67.1 Å². The molecule has 134 valence electrons. The minimum atomic E-state index is 0. The van der Waals surface area contributed by atoms with Gasteiger partial charge in [-0.2, -0.15) is 5.10 Å². The summed E-state index contributed by atoms with van der Waals surface area (Å²) in [7, 11) is 1.79. The van der Waals surface area contributed by atoms with Crippen LogP contribution in [-0.4, -0.2) is 34.3 Å². The molecule has 8 heteroatoms. The number of aromatic nitrogens is 3. The Balaban J connectivity index is 0.00000288. The van der Waals surface area contributed by atoms with Crippen molar-refractivity contribution >= 4 is 41.3 Å². The van der Waals surface area contributed by atoms with Crippen LogP contribution in [0.4, 0.5) is 0 Å². The first-order valence-electron chi connectivity index (χ1n) is 7.88. The molecule has 0 fully saturated rings. The summed E-state index contributed by atoms with van der Waals surface area (Å²) in [5, 5.41) is 12.2. The Labute approximate surface area is 165 Å². The van der Waals surface area contributed by atoms with Gasteiger partial charge in [0.25, 0.3) is 0 Å². The van der Waals surface area contributed by atoms with Gasteiger partial charge in [-0.3, -0.25) is 9.67 Å². The molecule has 0 saturated heterocycles. The normalized spacial score (nSPS) is 11.3. The van der Waals surface area contributed by atoms with E-state index in [1.807, 2.05) is 18.5 Å². The Morgan fingerprint density at radius 1 is 1.25 bits per heavy atom. The fourth-order valence-corrected chi connectivity index (χ4v) is 3.21. The maximum absolute atomic E-state index is 4.53. The molecule has 2 N–H and O–H groups in total. The summed E-state index contributed by atoms with van der Waals surface area (Å²) in [4.78, 5) is 10.0. The number of halogens is 1. The molecule has 0 spiro atoms. The maximum Gasteiger partial charge on any atom is 0.191 e. The van der Waals surface area contributed by atoms with E-state index in [4.69, 9.17) is 0 Å². The molecule has 0 amide bonds. The van der Waals surface area contributed by atoms with Crippen molar-refractivity contribution in [1.29, 1.82) is 0 Å². The molecule has 0 aromatic carbocycles. The molecule has 2 rings (SSSR count). The van der Waals surface area contributed by atoms with Gasteiger partial charge in [-0.25, -0.2) is 4.98 Å². The second-order valence-electron chi connectivity index (χ2n) is 5.61. The number of rotatable bonds is 6. The highest BCUT2D eigenvalue weighted by molar-refractivity contribution is 14.0. The van der Waals surface area contributed by atoms with Crippen LogP contribution in [0.5, 0.6) is 0 Å². The maximum atomic E-state index is 4.53. The van der Waals surface area contributed by atoms with E-state index in [2.05, 4.69) is 45.6 Å². The molecule has 0 radical (unpaired) electrons. The fourth-order valence-electron chi connectivity index (χ4n) is 2.33. The van der Waals surface area contributed by atoms with Crippen molar-refractivity contribution in [1.82, 2.24) is 25.4 Å². The van der Waals surface area contributed by atoms with Crippen molar-refractivity contribution in [2.75, 3.05) is 13.6 Å². The smallest absolute Gasteiger partial charge is 0.191 e. The molecule has 2 aromatic heterocycles. The molecule has 0 bridgehead atoms. The van der Waals surface area contributed by atoms with Crippen LogP contribution in [0.3, 0.4) is 0 Å². The summed E-state index contributed by atoms with van der Waals surface area (Å²) in [6, 6.07) is 2.10. The average Bonchev–Trinajstić information content (AvgIpc) is 3.00. The number of hydrogen-bond donors (Lipinski definition) is 2. The van der Waals surface area contributed by atoms with Gasteiger partial charge in [-0.15, -0.1) is 35.3 Å². The average molecular weight is 462 g/mol. The van der Waals surface area contributed by atoms with E-state index in [9.17, 15) is 0 Å². The number of nitrogens with one attached hydrogen (secondary N) is 2. The van der Waals surface area contributed by atoms with Gasteiger partial charge in [0.05, 0.1) is 17.9 Å². The van der Waals surface area contributed by atoms with Crippen LogP contribution in [-0.2, 0) is 13.1 Å². The van der Waals surface area contributed by atoms with Crippen LogP contribution in [0, 0.1) is 27.7 Å². The molecular weight excluding hydrogens is 435 g/mol. The molecule has 0 aliphatic carbocycles. The number of hydrogen-bond acceptors (Lipinski definition) is 4. The molecule has 2 heterocycles. The van der Waals surface area contributed by atoms with Gasteiger partial charge in [-0.05, 0) is 40.2 Å². The van der Waals surface area contributed by atoms with Gasteiger partial charge in [0.1, 0.15) is 5.01 Å². The highest BCUT2D eigenvalue weighted by atomic mass is 127. The predicted molar refractivity (Wildman–Crippen MR) is 112 cm³/mol. The summed E-state index contributed by atoms with van der Waals surface area (Å²) < 4.78 is 2.05. The third-order valence-corrected chi connectivity index (χ3v) is 4.72. The van der Waals surface area contributed by atoms with Crippen molar-refractivity contribution in [2.45, 2.75) is 47.2 Å². The highest BCUT2D eigenvalue weighted by Gasteiger charge is 2.05. The summed E-state index contributed by atoms with van der Waals surface area (Å²) in [5.41, 5.74) is 3.39. The number of aryl methyl sites for hydroxylation is 5. The Hall–Kier alpha value is -1.16. The zero-order valence-corrected chi connectivity index (χ0v) is 18.2. The fraction of sp³-hybridized carbons (Fsp3) is 0.562. The molecule has 2 aromatic rings. The van der Waals surface area contributed by atoms with Crippen LogP contribution in [0.15, 0.2) is 11.1 Å². The van der Waals surface area contributed by atoms with Crippen LogP contribution in [0.25, 0.3) is 0 Å². The van der Waals surface area contributed by atoms with Crippen molar-refractivity contribution in [3.63, 3.8) is 0 Å². The lowest BCUT2D eigenvalue weighted by molar-refractivity contribution is 0.555. The van der Waals surface area contributed by atoms with E-state index in [1.54, 1.807) is 18.4 Å². The van der Waals surface area contributed by atoms with Crippen molar-refractivity contribution < 1.29 is 0 Å². The molecule has 0 atom stereocenters. The molecule has 0 saturated carbocycles. The van der Waals surface area contributed by atoms with Crippen LogP contribution in [0.1, 0.15) is 33.4 Å². The number of guanidine groups is 1. The monoisotopic (exact) mass is 462 g/mol. The minimum absolute atomic E-state index is 0. The van der Waals surface area contributed by atoms with Crippen LogP contribution >= 0.6 is 35.3 Å². The van der Waals surface area contributed by atoms with Gasteiger partial charge in [-0.1, -0.05) is 0 Å². The van der Waals surface area contributed by atoms with Gasteiger partial charge < -0.3 is 10.6 Å². The SMILES string of the molecule is CN=C(NCCCn1nc(C)cc1C)NCc1nc(C)c(C)s1.I. The van der Waals surface area contributed by atoms with Crippen molar-refractivity contribution in [3.8, 4) is 0 Å². The molecule has 6 nitrogen and oxygen atoms in total. The molecule has 0 unspecified atom stereocenters. The van der Waals surface area contributed by atoms with Crippen LogP contribution in [0.2, 0.25) is 0 Å². The minimum Gasteiger partial charge on any atom is -0.356 e. The van der Waals surface area contributed by atoms with E-state index in [0.717, 1.165) is 41.9 Å². The Morgan fingerprint density at radius 3 is 2.54 bits per heavy atom. The first kappa shape index (κ1) is 20.9. The summed E-state index contributed by atoms with van der Waals surface area (Å²) >= 11 is 1.73. The lowest BCUT2D eigenvalue weighted by Crippen LogP contribution is -2.37. The van der Waals surface area contributed by atoms with Gasteiger partial charge in [0.2, 0.25) is 0 Å². The van der Waals surface area contributed by atoms with E-state index >= 15 is 0 Å². The zero-order valence-electron chi connectivity index (χ0n) is 15.0. The van der Waals surface area contributed by atoms with Crippen LogP contribution < -0.4 is 10.6 Å². The van der Waals surface area contributed by atoms with Gasteiger partial charge in [0.15, 0.2) is 5.96 Å². The molecule has 0 aliphatic rings. The molecular formula is C16H27IN6S. The largest absolute Gasteiger partial charge is 0.356 e. The van der Waals surface area contributed by atoms with Gasteiger partial charge in [0, 0.05) is 30.7 Å². The number of nitrogens with zero attached hydrogens (tertiary/aromatic N) is 4. The Kier molecular flexibility index (Phi) is 8.68. The van der Waals surface area contributed by atoms with E-state index in [-0.39, 0.29) is 24.0 Å². The third kappa shape index (κ3) is 6.04. The van der Waals surface area contributed by atoms with E-state index in [0.29, 0.717) is 6.54 Å². The Bertz CT molecular complexity index is 657.